The number of aromatic nitrogens is 3. The molecule has 1 N–H and O–H groups in total. The van der Waals surface area contributed by atoms with Crippen molar-refractivity contribution >= 4 is 27.7 Å². The number of hydrogen-bond donors (Lipinski definition) is 1. The molecule has 5 nitrogen and oxygen atoms in total. The van der Waals surface area contributed by atoms with Crippen LogP contribution in [0.2, 0.25) is 0 Å². The Morgan fingerprint density at radius 2 is 2.21 bits per heavy atom. The molecule has 2 aromatic heterocycles. The summed E-state index contributed by atoms with van der Waals surface area (Å²) in [5, 5.41) is 6.91. The van der Waals surface area contributed by atoms with Crippen LogP contribution in [0, 0.1) is 13.8 Å². The van der Waals surface area contributed by atoms with Crippen LogP contribution < -0.4 is 5.32 Å². The molecule has 0 fully saturated rings. The third kappa shape index (κ3) is 3.89. The van der Waals surface area contributed by atoms with E-state index in [1.54, 1.807) is 17.1 Å². The van der Waals surface area contributed by atoms with E-state index in [9.17, 15) is 4.79 Å². The maximum atomic E-state index is 11.8. The molecule has 6 heteroatoms. The molecule has 0 aromatic carbocycles. The topological polar surface area (TPSA) is 59.8 Å². The smallest absolute Gasteiger partial charge is 0.227 e. The average molecular weight is 323 g/mol. The van der Waals surface area contributed by atoms with Gasteiger partial charge >= 0.3 is 0 Å². The van der Waals surface area contributed by atoms with Crippen LogP contribution in [-0.4, -0.2) is 20.7 Å². The Morgan fingerprint density at radius 1 is 1.42 bits per heavy atom. The van der Waals surface area contributed by atoms with Crippen molar-refractivity contribution in [2.45, 2.75) is 26.8 Å². The summed E-state index contributed by atoms with van der Waals surface area (Å²) < 4.78 is 2.69. The molecule has 0 aliphatic heterocycles. The van der Waals surface area contributed by atoms with Crippen LogP contribution in [0.4, 0.5) is 5.82 Å². The molecule has 0 spiro atoms. The molecule has 0 saturated heterocycles. The van der Waals surface area contributed by atoms with Crippen molar-refractivity contribution in [1.29, 1.82) is 0 Å². The molecule has 19 heavy (non-hydrogen) atoms. The van der Waals surface area contributed by atoms with E-state index in [1.807, 2.05) is 26.1 Å². The first-order valence-corrected chi connectivity index (χ1v) is 6.75. The van der Waals surface area contributed by atoms with Gasteiger partial charge in [-0.2, -0.15) is 5.10 Å². The third-order valence-corrected chi connectivity index (χ3v) is 3.47. The van der Waals surface area contributed by atoms with Gasteiger partial charge in [-0.3, -0.25) is 9.48 Å². The maximum absolute atomic E-state index is 11.8. The summed E-state index contributed by atoms with van der Waals surface area (Å²) in [6.07, 6.45) is 5.74. The van der Waals surface area contributed by atoms with Crippen LogP contribution in [0.1, 0.15) is 17.5 Å². The molecule has 0 aliphatic rings. The second-order valence-electron chi connectivity index (χ2n) is 4.40. The van der Waals surface area contributed by atoms with Gasteiger partial charge in [0.25, 0.3) is 0 Å². The zero-order valence-corrected chi connectivity index (χ0v) is 12.4. The van der Waals surface area contributed by atoms with Crippen molar-refractivity contribution in [2.24, 2.45) is 0 Å². The highest BCUT2D eigenvalue weighted by atomic mass is 79.9. The molecule has 2 aromatic rings. The number of halogens is 1. The highest BCUT2D eigenvalue weighted by molar-refractivity contribution is 9.10. The largest absolute Gasteiger partial charge is 0.311 e. The normalized spacial score (nSPS) is 10.5. The van der Waals surface area contributed by atoms with E-state index in [1.165, 1.54) is 0 Å². The second kappa shape index (κ2) is 5.97. The first-order chi connectivity index (χ1) is 9.04. The van der Waals surface area contributed by atoms with E-state index in [0.717, 1.165) is 15.6 Å². The zero-order valence-electron chi connectivity index (χ0n) is 10.9. The van der Waals surface area contributed by atoms with Gasteiger partial charge in [0.2, 0.25) is 5.91 Å². The van der Waals surface area contributed by atoms with Crippen molar-refractivity contribution in [3.05, 3.63) is 40.3 Å². The predicted molar refractivity (Wildman–Crippen MR) is 76.9 cm³/mol. The van der Waals surface area contributed by atoms with Gasteiger partial charge in [0.15, 0.2) is 0 Å². The van der Waals surface area contributed by atoms with Gasteiger partial charge in [-0.15, -0.1) is 0 Å². The quantitative estimate of drug-likeness (QED) is 0.941. The minimum Gasteiger partial charge on any atom is -0.311 e. The van der Waals surface area contributed by atoms with Crippen LogP contribution in [-0.2, 0) is 11.3 Å². The highest BCUT2D eigenvalue weighted by Gasteiger charge is 2.05. The lowest BCUT2D eigenvalue weighted by Crippen LogP contribution is -2.15. The predicted octanol–water partition coefficient (Wildman–Crippen LogP) is 2.69. The monoisotopic (exact) mass is 322 g/mol. The first-order valence-electron chi connectivity index (χ1n) is 5.95. The molecule has 0 unspecified atom stereocenters. The number of nitrogens with one attached hydrogen (secondary N) is 1. The molecule has 0 atom stereocenters. The summed E-state index contributed by atoms with van der Waals surface area (Å²) >= 11 is 3.37. The fraction of sp³-hybridized carbons (Fsp3) is 0.308. The molecule has 0 bridgehead atoms. The fourth-order valence-electron chi connectivity index (χ4n) is 1.62. The van der Waals surface area contributed by atoms with Gasteiger partial charge in [0.05, 0.1) is 6.20 Å². The number of amides is 1. The third-order valence-electron chi connectivity index (χ3n) is 2.64. The van der Waals surface area contributed by atoms with Gasteiger partial charge in [-0.05, 0) is 47.0 Å². The minimum atomic E-state index is -0.0672. The number of hydrogen-bond acceptors (Lipinski definition) is 3. The number of anilines is 1. The molecule has 0 saturated carbocycles. The Bertz CT molecular complexity index is 594. The molecule has 0 radical (unpaired) electrons. The number of nitrogens with zero attached hydrogens (tertiary/aromatic N) is 3. The SMILES string of the molecule is Cc1cnn(CCC(=O)Nc2cc(C)c(Br)cn2)c1. The highest BCUT2D eigenvalue weighted by Crippen LogP contribution is 2.17. The number of carbonyl (C=O) groups is 1. The zero-order chi connectivity index (χ0) is 13.8. The lowest BCUT2D eigenvalue weighted by molar-refractivity contribution is -0.116. The van der Waals surface area contributed by atoms with E-state index in [2.05, 4.69) is 31.3 Å². The standard InChI is InChI=1S/C13H15BrN4O/c1-9-6-16-18(8-9)4-3-13(19)17-12-5-10(2)11(14)7-15-12/h5-8H,3-4H2,1-2H3,(H,15,17,19). The molecule has 0 aliphatic carbocycles. The van der Waals surface area contributed by atoms with Crippen molar-refractivity contribution in [1.82, 2.24) is 14.8 Å². The number of aryl methyl sites for hydroxylation is 3. The second-order valence-corrected chi connectivity index (χ2v) is 5.25. The van der Waals surface area contributed by atoms with Crippen LogP contribution >= 0.6 is 15.9 Å². The van der Waals surface area contributed by atoms with Gasteiger partial charge in [-0.1, -0.05) is 0 Å². The summed E-state index contributed by atoms with van der Waals surface area (Å²) in [5.41, 5.74) is 2.12. The Morgan fingerprint density at radius 3 is 2.84 bits per heavy atom. The van der Waals surface area contributed by atoms with Crippen molar-refractivity contribution < 1.29 is 4.79 Å². The Balaban J connectivity index is 1.88. The molecule has 2 heterocycles. The van der Waals surface area contributed by atoms with E-state index in [4.69, 9.17) is 0 Å². The summed E-state index contributed by atoms with van der Waals surface area (Å²) in [5.74, 6) is 0.504. The number of carbonyl (C=O) groups excluding carboxylic acids is 1. The molecule has 1 amide bonds. The van der Waals surface area contributed by atoms with Gasteiger partial charge in [0.1, 0.15) is 5.82 Å². The van der Waals surface area contributed by atoms with E-state index in [0.29, 0.717) is 18.8 Å². The molecular formula is C13H15BrN4O. The number of pyridine rings is 1. The summed E-state index contributed by atoms with van der Waals surface area (Å²) in [4.78, 5) is 15.9. The van der Waals surface area contributed by atoms with Crippen molar-refractivity contribution in [3.8, 4) is 0 Å². The van der Waals surface area contributed by atoms with Gasteiger partial charge in [-0.25, -0.2) is 4.98 Å². The Labute approximate surface area is 120 Å². The van der Waals surface area contributed by atoms with E-state index < -0.39 is 0 Å². The lowest BCUT2D eigenvalue weighted by Gasteiger charge is -2.06. The minimum absolute atomic E-state index is 0.0672. The summed E-state index contributed by atoms with van der Waals surface area (Å²) in [6.45, 7) is 4.49. The maximum Gasteiger partial charge on any atom is 0.227 e. The Kier molecular flexibility index (Phi) is 4.31. The van der Waals surface area contributed by atoms with Crippen LogP contribution in [0.5, 0.6) is 0 Å². The molecule has 2 rings (SSSR count). The van der Waals surface area contributed by atoms with Crippen LogP contribution in [0.15, 0.2) is 29.1 Å². The summed E-state index contributed by atoms with van der Waals surface area (Å²) in [7, 11) is 0. The van der Waals surface area contributed by atoms with Crippen LogP contribution in [0.25, 0.3) is 0 Å². The average Bonchev–Trinajstić information content (AvgIpc) is 2.77. The van der Waals surface area contributed by atoms with Crippen LogP contribution in [0.3, 0.4) is 0 Å². The van der Waals surface area contributed by atoms with E-state index >= 15 is 0 Å². The Hall–Kier alpha value is -1.69. The molecular weight excluding hydrogens is 308 g/mol. The van der Waals surface area contributed by atoms with Crippen molar-refractivity contribution in [3.63, 3.8) is 0 Å². The molecule has 100 valence electrons. The van der Waals surface area contributed by atoms with E-state index in [-0.39, 0.29) is 5.91 Å². The lowest BCUT2D eigenvalue weighted by atomic mass is 10.3. The van der Waals surface area contributed by atoms with Gasteiger partial charge < -0.3 is 5.32 Å². The number of rotatable bonds is 4. The fourth-order valence-corrected chi connectivity index (χ4v) is 1.84. The van der Waals surface area contributed by atoms with Crippen molar-refractivity contribution in [2.75, 3.05) is 5.32 Å². The first kappa shape index (κ1) is 13.7. The summed E-state index contributed by atoms with van der Waals surface area (Å²) in [6, 6.07) is 1.83. The van der Waals surface area contributed by atoms with Gasteiger partial charge in [0, 0.05) is 29.8 Å².